The van der Waals surface area contributed by atoms with E-state index in [9.17, 15) is 4.79 Å². The molecule has 0 N–H and O–H groups in total. The first-order valence-corrected chi connectivity index (χ1v) is 7.32. The first-order chi connectivity index (χ1) is 8.09. The smallest absolute Gasteiger partial charge is 0.501 e. The van der Waals surface area contributed by atoms with E-state index in [1.807, 2.05) is 18.2 Å². The van der Waals surface area contributed by atoms with Crippen LogP contribution in [0.4, 0.5) is 0 Å². The van der Waals surface area contributed by atoms with E-state index in [-0.39, 0.29) is 6.61 Å². The predicted molar refractivity (Wildman–Crippen MR) is 63.7 cm³/mol. The topological polar surface area (TPSA) is 54.0 Å². The molecule has 1 atom stereocenters. The molecule has 1 aromatic carbocycles. The van der Waals surface area contributed by atoms with Crippen LogP contribution in [-0.2, 0) is 18.4 Å². The maximum Gasteiger partial charge on any atom is 0.563 e. The van der Waals surface area contributed by atoms with Gasteiger partial charge in [-0.15, -0.1) is 0 Å². The average molecular weight is 256 g/mol. The Bertz CT molecular complexity index is 356. The van der Waals surface area contributed by atoms with E-state index >= 15 is 0 Å². The molecule has 17 heavy (non-hydrogen) atoms. The van der Waals surface area contributed by atoms with Crippen molar-refractivity contribution in [1.29, 1.82) is 0 Å². The Hall–Kier alpha value is -1.37. The van der Waals surface area contributed by atoms with E-state index in [1.165, 1.54) is 14.2 Å². The molecule has 5 nitrogen and oxygen atoms in total. The van der Waals surface area contributed by atoms with Crippen LogP contribution in [0, 0.1) is 0 Å². The van der Waals surface area contributed by atoms with Gasteiger partial charge < -0.3 is 18.0 Å². The van der Waals surface area contributed by atoms with Crippen molar-refractivity contribution in [2.75, 3.05) is 20.8 Å². The number of ether oxygens (including phenoxy) is 1. The molecule has 0 aliphatic carbocycles. The van der Waals surface area contributed by atoms with Crippen LogP contribution < -0.4 is 4.43 Å². The Labute approximate surface area is 102 Å². The highest BCUT2D eigenvalue weighted by Crippen LogP contribution is 2.16. The van der Waals surface area contributed by atoms with Gasteiger partial charge >= 0.3 is 14.8 Å². The van der Waals surface area contributed by atoms with Gasteiger partial charge in [0.25, 0.3) is 0 Å². The van der Waals surface area contributed by atoms with E-state index in [2.05, 4.69) is 4.74 Å². The molecule has 0 saturated carbocycles. The van der Waals surface area contributed by atoms with Crippen LogP contribution in [0.25, 0.3) is 0 Å². The predicted octanol–water partition coefficient (Wildman–Crippen LogP) is 1.47. The summed E-state index contributed by atoms with van der Waals surface area (Å²) in [4.78, 5) is 11.0. The fourth-order valence-corrected chi connectivity index (χ4v) is 2.29. The molecule has 0 heterocycles. The third kappa shape index (κ3) is 4.56. The molecule has 0 amide bonds. The molecule has 0 aliphatic rings. The summed E-state index contributed by atoms with van der Waals surface area (Å²) < 4.78 is 20.7. The number of benzene rings is 1. The lowest BCUT2D eigenvalue weighted by Crippen LogP contribution is -2.46. The molecule has 6 heteroatoms. The Kier molecular flexibility index (Phi) is 5.14. The van der Waals surface area contributed by atoms with E-state index in [0.717, 1.165) is 0 Å². The minimum Gasteiger partial charge on any atom is -0.501 e. The lowest BCUT2D eigenvalue weighted by atomic mass is 10.3. The van der Waals surface area contributed by atoms with E-state index in [1.54, 1.807) is 18.7 Å². The first kappa shape index (κ1) is 13.7. The van der Waals surface area contributed by atoms with Crippen molar-refractivity contribution >= 4 is 14.8 Å². The van der Waals surface area contributed by atoms with Crippen molar-refractivity contribution in [3.8, 4) is 5.75 Å². The molecule has 0 aliphatic heterocycles. The summed E-state index contributed by atoms with van der Waals surface area (Å²) in [6, 6.07) is 9.17. The summed E-state index contributed by atoms with van der Waals surface area (Å²) in [6.07, 6.45) is 0. The standard InChI is InChI=1S/C11H16O5Si/c1-13-11(12)9-15-17(3,14-2)16-10-7-5-4-6-8-10/h4-8H,9H2,1-3H3. The largest absolute Gasteiger partial charge is 0.563 e. The van der Waals surface area contributed by atoms with Crippen molar-refractivity contribution < 1.29 is 22.8 Å². The second-order valence-corrected chi connectivity index (χ2v) is 5.97. The highest BCUT2D eigenvalue weighted by atomic mass is 28.4. The molecule has 0 fully saturated rings. The zero-order valence-corrected chi connectivity index (χ0v) is 11.1. The van der Waals surface area contributed by atoms with Gasteiger partial charge in [-0.2, -0.15) is 0 Å². The lowest BCUT2D eigenvalue weighted by Gasteiger charge is -2.24. The van der Waals surface area contributed by atoms with Crippen LogP contribution in [-0.4, -0.2) is 35.6 Å². The number of esters is 1. The van der Waals surface area contributed by atoms with Crippen molar-refractivity contribution in [2.45, 2.75) is 6.55 Å². The fraction of sp³-hybridized carbons (Fsp3) is 0.364. The van der Waals surface area contributed by atoms with E-state index < -0.39 is 14.8 Å². The minimum absolute atomic E-state index is 0.181. The summed E-state index contributed by atoms with van der Waals surface area (Å²) in [5.41, 5.74) is 0. The number of hydrogen-bond donors (Lipinski definition) is 0. The molecule has 0 spiro atoms. The molecular formula is C11H16O5Si. The van der Waals surface area contributed by atoms with E-state index in [4.69, 9.17) is 13.3 Å². The number of hydrogen-bond acceptors (Lipinski definition) is 5. The number of para-hydroxylation sites is 1. The van der Waals surface area contributed by atoms with Crippen LogP contribution in [0.3, 0.4) is 0 Å². The van der Waals surface area contributed by atoms with Gasteiger partial charge in [-0.05, 0) is 12.1 Å². The van der Waals surface area contributed by atoms with Gasteiger partial charge in [0.2, 0.25) is 0 Å². The van der Waals surface area contributed by atoms with Gasteiger partial charge in [0.05, 0.1) is 7.11 Å². The SMILES string of the molecule is COC(=O)CO[Si](C)(OC)Oc1ccccc1. The van der Waals surface area contributed by atoms with Crippen molar-refractivity contribution in [3.05, 3.63) is 30.3 Å². The summed E-state index contributed by atoms with van der Waals surface area (Å²) in [7, 11) is -0.0505. The zero-order valence-electron chi connectivity index (χ0n) is 10.1. The number of rotatable bonds is 6. The number of carbonyl (C=O) groups is 1. The van der Waals surface area contributed by atoms with E-state index in [0.29, 0.717) is 5.75 Å². The Morgan fingerprint density at radius 2 is 1.88 bits per heavy atom. The third-order valence-electron chi connectivity index (χ3n) is 2.10. The fourth-order valence-electron chi connectivity index (χ4n) is 1.08. The van der Waals surface area contributed by atoms with Gasteiger partial charge in [-0.25, -0.2) is 4.79 Å². The zero-order chi connectivity index (χ0) is 12.7. The van der Waals surface area contributed by atoms with Gasteiger partial charge in [-0.3, -0.25) is 0 Å². The van der Waals surface area contributed by atoms with Crippen molar-refractivity contribution in [1.82, 2.24) is 0 Å². The molecular weight excluding hydrogens is 240 g/mol. The highest BCUT2D eigenvalue weighted by Gasteiger charge is 2.37. The average Bonchev–Trinajstić information content (AvgIpc) is 2.37. The maximum absolute atomic E-state index is 11.0. The molecule has 94 valence electrons. The summed E-state index contributed by atoms with van der Waals surface area (Å²) in [5, 5.41) is 0. The van der Waals surface area contributed by atoms with Crippen LogP contribution >= 0.6 is 0 Å². The third-order valence-corrected chi connectivity index (χ3v) is 4.11. The maximum atomic E-state index is 11.0. The Morgan fingerprint density at radius 3 is 2.41 bits per heavy atom. The second kappa shape index (κ2) is 6.38. The molecule has 1 rings (SSSR count). The summed E-state index contributed by atoms with van der Waals surface area (Å²) in [5.74, 6) is 0.186. The van der Waals surface area contributed by atoms with Crippen molar-refractivity contribution in [2.24, 2.45) is 0 Å². The monoisotopic (exact) mass is 256 g/mol. The summed E-state index contributed by atoms with van der Waals surface area (Å²) >= 11 is 0. The molecule has 0 aromatic heterocycles. The highest BCUT2D eigenvalue weighted by molar-refractivity contribution is 6.60. The van der Waals surface area contributed by atoms with Crippen LogP contribution in [0.2, 0.25) is 6.55 Å². The summed E-state index contributed by atoms with van der Waals surface area (Å²) in [6.45, 7) is 1.53. The van der Waals surface area contributed by atoms with Gasteiger partial charge in [0.15, 0.2) is 0 Å². The van der Waals surface area contributed by atoms with Gasteiger partial charge in [-0.1, -0.05) is 18.2 Å². The van der Waals surface area contributed by atoms with Crippen molar-refractivity contribution in [3.63, 3.8) is 0 Å². The molecule has 0 bridgehead atoms. The Morgan fingerprint density at radius 1 is 1.24 bits per heavy atom. The number of carbonyl (C=O) groups excluding carboxylic acids is 1. The first-order valence-electron chi connectivity index (χ1n) is 5.09. The van der Waals surface area contributed by atoms with Crippen LogP contribution in [0.1, 0.15) is 0 Å². The Balaban J connectivity index is 2.59. The van der Waals surface area contributed by atoms with Crippen LogP contribution in [0.15, 0.2) is 30.3 Å². The quantitative estimate of drug-likeness (QED) is 0.570. The lowest BCUT2D eigenvalue weighted by molar-refractivity contribution is -0.144. The second-order valence-electron chi connectivity index (χ2n) is 3.35. The van der Waals surface area contributed by atoms with Crippen LogP contribution in [0.5, 0.6) is 5.75 Å². The molecule has 0 saturated heterocycles. The molecule has 1 aromatic rings. The number of methoxy groups -OCH3 is 1. The minimum atomic E-state index is -2.84. The molecule has 1 unspecified atom stereocenters. The van der Waals surface area contributed by atoms with Gasteiger partial charge in [0.1, 0.15) is 12.4 Å². The normalized spacial score (nSPS) is 13.8. The van der Waals surface area contributed by atoms with Gasteiger partial charge in [0, 0.05) is 13.7 Å². The molecule has 0 radical (unpaired) electrons.